The number of benzene rings is 1. The fourth-order valence-electron chi connectivity index (χ4n) is 2.71. The molecule has 108 valence electrons. The topological polar surface area (TPSA) is 39.1 Å². The van der Waals surface area contributed by atoms with Crippen molar-refractivity contribution in [3.8, 4) is 5.75 Å². The number of aromatic nitrogens is 2. The van der Waals surface area contributed by atoms with Crippen molar-refractivity contribution >= 4 is 5.69 Å². The molecular weight excluding hydrogens is 250 g/mol. The lowest BCUT2D eigenvalue weighted by Crippen LogP contribution is -2.10. The minimum atomic E-state index is 0.187. The minimum absolute atomic E-state index is 0.187. The number of nitrogens with zero attached hydrogens (tertiary/aromatic N) is 2. The monoisotopic (exact) mass is 273 g/mol. The van der Waals surface area contributed by atoms with E-state index in [-0.39, 0.29) is 6.04 Å². The van der Waals surface area contributed by atoms with Crippen molar-refractivity contribution < 1.29 is 4.74 Å². The van der Waals surface area contributed by atoms with Crippen LogP contribution in [0.1, 0.15) is 36.8 Å². The molecule has 4 heteroatoms. The van der Waals surface area contributed by atoms with E-state index < -0.39 is 0 Å². The van der Waals surface area contributed by atoms with Crippen molar-refractivity contribution in [3.63, 3.8) is 0 Å². The molecule has 0 radical (unpaired) electrons. The van der Waals surface area contributed by atoms with Gasteiger partial charge in [0.1, 0.15) is 5.75 Å². The number of hydrogen-bond acceptors (Lipinski definition) is 3. The Kier molecular flexibility index (Phi) is 4.32. The molecule has 1 aromatic heterocycles. The van der Waals surface area contributed by atoms with Crippen molar-refractivity contribution in [2.45, 2.75) is 40.3 Å². The molecule has 1 unspecified atom stereocenters. The average Bonchev–Trinajstić information content (AvgIpc) is 2.73. The summed E-state index contributed by atoms with van der Waals surface area (Å²) in [5.41, 5.74) is 4.57. The van der Waals surface area contributed by atoms with E-state index in [0.29, 0.717) is 0 Å². The van der Waals surface area contributed by atoms with E-state index >= 15 is 0 Å². The second-order valence-corrected chi connectivity index (χ2v) is 4.97. The molecule has 0 spiro atoms. The predicted octanol–water partition coefficient (Wildman–Crippen LogP) is 3.70. The number of rotatable bonds is 5. The number of methoxy groups -OCH3 is 1. The van der Waals surface area contributed by atoms with Gasteiger partial charge in [0.15, 0.2) is 0 Å². The van der Waals surface area contributed by atoms with Crippen LogP contribution in [-0.2, 0) is 6.54 Å². The van der Waals surface area contributed by atoms with Gasteiger partial charge in [-0.1, -0.05) is 12.1 Å². The molecule has 20 heavy (non-hydrogen) atoms. The lowest BCUT2D eigenvalue weighted by molar-refractivity contribution is 0.416. The first-order chi connectivity index (χ1) is 9.58. The molecule has 0 aliphatic heterocycles. The number of nitrogens with one attached hydrogen (secondary N) is 1. The Labute approximate surface area is 120 Å². The Hall–Kier alpha value is -1.97. The molecule has 0 saturated heterocycles. The van der Waals surface area contributed by atoms with Crippen LogP contribution in [0.2, 0.25) is 0 Å². The van der Waals surface area contributed by atoms with E-state index in [2.05, 4.69) is 38.1 Å². The number of ether oxygens (including phenoxy) is 1. The molecule has 4 nitrogen and oxygen atoms in total. The Bertz CT molecular complexity index is 589. The molecule has 0 amide bonds. The molecule has 1 N–H and O–H groups in total. The molecule has 1 aromatic carbocycles. The zero-order valence-corrected chi connectivity index (χ0v) is 12.9. The van der Waals surface area contributed by atoms with Gasteiger partial charge in [0.2, 0.25) is 0 Å². The molecule has 1 heterocycles. The van der Waals surface area contributed by atoms with Crippen molar-refractivity contribution in [1.29, 1.82) is 0 Å². The van der Waals surface area contributed by atoms with E-state index in [1.165, 1.54) is 11.3 Å². The molecule has 0 saturated carbocycles. The fourth-order valence-corrected chi connectivity index (χ4v) is 2.71. The Morgan fingerprint density at radius 2 is 2.00 bits per heavy atom. The summed E-state index contributed by atoms with van der Waals surface area (Å²) in [7, 11) is 1.69. The van der Waals surface area contributed by atoms with Crippen LogP contribution in [0, 0.1) is 13.8 Å². The number of aryl methyl sites for hydroxylation is 2. The highest BCUT2D eigenvalue weighted by molar-refractivity contribution is 5.57. The zero-order chi connectivity index (χ0) is 14.7. The molecule has 0 aliphatic rings. The van der Waals surface area contributed by atoms with Crippen LogP contribution in [0.15, 0.2) is 24.3 Å². The molecule has 2 aromatic rings. The summed E-state index contributed by atoms with van der Waals surface area (Å²) >= 11 is 0. The van der Waals surface area contributed by atoms with Crippen molar-refractivity contribution in [3.05, 3.63) is 41.2 Å². The first kappa shape index (κ1) is 14.4. The normalized spacial score (nSPS) is 12.2. The predicted molar refractivity (Wildman–Crippen MR) is 82.4 cm³/mol. The second kappa shape index (κ2) is 5.99. The average molecular weight is 273 g/mol. The van der Waals surface area contributed by atoms with Gasteiger partial charge in [0, 0.05) is 17.8 Å². The van der Waals surface area contributed by atoms with Gasteiger partial charge in [-0.05, 0) is 39.8 Å². The van der Waals surface area contributed by atoms with Gasteiger partial charge < -0.3 is 10.1 Å². The van der Waals surface area contributed by atoms with Gasteiger partial charge in [0.05, 0.1) is 24.5 Å². The number of hydrogen-bond donors (Lipinski definition) is 1. The van der Waals surface area contributed by atoms with Crippen LogP contribution in [0.5, 0.6) is 5.75 Å². The molecule has 0 fully saturated rings. The summed E-state index contributed by atoms with van der Waals surface area (Å²) in [5, 5.41) is 8.10. The Balaban J connectivity index is 2.28. The van der Waals surface area contributed by atoms with Gasteiger partial charge in [-0.15, -0.1) is 0 Å². The smallest absolute Gasteiger partial charge is 0.141 e. The lowest BCUT2D eigenvalue weighted by Gasteiger charge is -2.18. The van der Waals surface area contributed by atoms with E-state index in [9.17, 15) is 0 Å². The fraction of sp³-hybridized carbons (Fsp3) is 0.438. The summed E-state index contributed by atoms with van der Waals surface area (Å²) in [5.74, 6) is 0.859. The van der Waals surface area contributed by atoms with Crippen molar-refractivity contribution in [2.24, 2.45) is 0 Å². The van der Waals surface area contributed by atoms with Gasteiger partial charge in [-0.2, -0.15) is 5.10 Å². The highest BCUT2D eigenvalue weighted by atomic mass is 16.5. The number of para-hydroxylation sites is 2. The van der Waals surface area contributed by atoms with Gasteiger partial charge in [0.25, 0.3) is 0 Å². The van der Waals surface area contributed by atoms with Crippen LogP contribution in [0.25, 0.3) is 0 Å². The first-order valence-electron chi connectivity index (χ1n) is 7.01. The number of anilines is 1. The summed E-state index contributed by atoms with van der Waals surface area (Å²) in [6.45, 7) is 9.35. The molecular formula is C16H23N3O. The summed E-state index contributed by atoms with van der Waals surface area (Å²) < 4.78 is 7.43. The van der Waals surface area contributed by atoms with Gasteiger partial charge in [-0.25, -0.2) is 0 Å². The molecule has 0 bridgehead atoms. The quantitative estimate of drug-likeness (QED) is 0.902. The lowest BCUT2D eigenvalue weighted by atomic mass is 10.1. The SMILES string of the molecule is CCn1nc(C)c(C(C)Nc2ccccc2OC)c1C. The van der Waals surface area contributed by atoms with E-state index in [0.717, 1.165) is 23.7 Å². The summed E-state index contributed by atoms with van der Waals surface area (Å²) in [4.78, 5) is 0. The highest BCUT2D eigenvalue weighted by Gasteiger charge is 2.17. The van der Waals surface area contributed by atoms with Crippen LogP contribution in [-0.4, -0.2) is 16.9 Å². The molecule has 1 atom stereocenters. The van der Waals surface area contributed by atoms with Crippen LogP contribution >= 0.6 is 0 Å². The van der Waals surface area contributed by atoms with E-state index in [4.69, 9.17) is 4.74 Å². The maximum absolute atomic E-state index is 5.39. The third-order valence-corrected chi connectivity index (χ3v) is 3.65. The third-order valence-electron chi connectivity index (χ3n) is 3.65. The third kappa shape index (κ3) is 2.64. The Morgan fingerprint density at radius 3 is 2.60 bits per heavy atom. The molecule has 0 aliphatic carbocycles. The van der Waals surface area contributed by atoms with E-state index in [1.54, 1.807) is 7.11 Å². The zero-order valence-electron chi connectivity index (χ0n) is 12.9. The Morgan fingerprint density at radius 1 is 1.30 bits per heavy atom. The minimum Gasteiger partial charge on any atom is -0.495 e. The van der Waals surface area contributed by atoms with Gasteiger partial charge in [-0.3, -0.25) is 4.68 Å². The first-order valence-corrected chi connectivity index (χ1v) is 7.01. The van der Waals surface area contributed by atoms with Gasteiger partial charge >= 0.3 is 0 Å². The summed E-state index contributed by atoms with van der Waals surface area (Å²) in [6, 6.07) is 8.16. The van der Waals surface area contributed by atoms with Crippen molar-refractivity contribution in [2.75, 3.05) is 12.4 Å². The maximum Gasteiger partial charge on any atom is 0.141 e. The highest BCUT2D eigenvalue weighted by Crippen LogP contribution is 2.30. The largest absolute Gasteiger partial charge is 0.495 e. The van der Waals surface area contributed by atoms with Crippen LogP contribution in [0.4, 0.5) is 5.69 Å². The van der Waals surface area contributed by atoms with Crippen molar-refractivity contribution in [1.82, 2.24) is 9.78 Å². The van der Waals surface area contributed by atoms with E-state index in [1.807, 2.05) is 28.9 Å². The second-order valence-electron chi connectivity index (χ2n) is 4.97. The maximum atomic E-state index is 5.39. The van der Waals surface area contributed by atoms with Crippen LogP contribution in [0.3, 0.4) is 0 Å². The standard InChI is InChI=1S/C16H23N3O/c1-6-19-13(4)16(12(3)18-19)11(2)17-14-9-7-8-10-15(14)20-5/h7-11,17H,6H2,1-5H3. The van der Waals surface area contributed by atoms with Crippen LogP contribution < -0.4 is 10.1 Å². The summed E-state index contributed by atoms with van der Waals surface area (Å²) in [6.07, 6.45) is 0. The molecule has 2 rings (SSSR count).